The molecule has 0 radical (unpaired) electrons. The molecule has 0 aromatic heterocycles. The van der Waals surface area contributed by atoms with Gasteiger partial charge in [0.05, 0.1) is 11.0 Å². The predicted molar refractivity (Wildman–Crippen MR) is 85.1 cm³/mol. The van der Waals surface area contributed by atoms with Gasteiger partial charge in [-0.1, -0.05) is 43.0 Å². The lowest BCUT2D eigenvalue weighted by Gasteiger charge is -2.29. The van der Waals surface area contributed by atoms with E-state index in [2.05, 4.69) is 0 Å². The third-order valence-electron chi connectivity index (χ3n) is 5.16. The van der Waals surface area contributed by atoms with Crippen LogP contribution in [0.1, 0.15) is 48.5 Å². The monoisotopic (exact) mass is 355 g/mol. The van der Waals surface area contributed by atoms with Crippen LogP contribution in [0.5, 0.6) is 5.75 Å². The fourth-order valence-corrected chi connectivity index (χ4v) is 4.44. The molecule has 23 heavy (non-hydrogen) atoms. The Labute approximate surface area is 144 Å². The first kappa shape index (κ1) is 16.6. The summed E-state index contributed by atoms with van der Waals surface area (Å²) < 4.78 is 5.14. The van der Waals surface area contributed by atoms with Gasteiger partial charge in [0, 0.05) is 11.0 Å². The summed E-state index contributed by atoms with van der Waals surface area (Å²) >= 11 is 12.4. The summed E-state index contributed by atoms with van der Waals surface area (Å²) in [7, 11) is 0. The minimum absolute atomic E-state index is 0.0396. The summed E-state index contributed by atoms with van der Waals surface area (Å²) in [6.45, 7) is 1.39. The van der Waals surface area contributed by atoms with Crippen LogP contribution in [0.2, 0.25) is 10.0 Å². The second kappa shape index (κ2) is 5.99. The van der Waals surface area contributed by atoms with Crippen LogP contribution in [0.4, 0.5) is 0 Å². The van der Waals surface area contributed by atoms with Gasteiger partial charge in [-0.15, -0.1) is 0 Å². The number of carbonyl (C=O) groups is 2. The molecule has 4 nitrogen and oxygen atoms in total. The van der Waals surface area contributed by atoms with Crippen LogP contribution in [0, 0.1) is 11.3 Å². The van der Waals surface area contributed by atoms with Gasteiger partial charge in [-0.25, -0.2) is 0 Å². The standard InChI is InChI=1S/C17H18Cl2O4/c1-17(10-4-2-3-5-10)7-9-6-11(23-8-12(20)21)14(18)15(19)13(9)16(17)22/h6,10H,2-5,7-8H2,1H3,(H,20,21)/p-1. The van der Waals surface area contributed by atoms with Crippen molar-refractivity contribution in [2.45, 2.75) is 39.0 Å². The highest BCUT2D eigenvalue weighted by Crippen LogP contribution is 2.52. The first-order valence-electron chi connectivity index (χ1n) is 7.73. The number of ketones is 1. The molecule has 0 amide bonds. The van der Waals surface area contributed by atoms with Crippen molar-refractivity contribution < 1.29 is 19.4 Å². The molecule has 0 heterocycles. The fraction of sp³-hybridized carbons (Fsp3) is 0.529. The molecule has 0 bridgehead atoms. The zero-order valence-electron chi connectivity index (χ0n) is 12.8. The Bertz CT molecular complexity index is 680. The molecule has 0 aliphatic heterocycles. The van der Waals surface area contributed by atoms with Crippen LogP contribution in [-0.4, -0.2) is 18.4 Å². The van der Waals surface area contributed by atoms with Crippen molar-refractivity contribution >= 4 is 35.0 Å². The highest BCUT2D eigenvalue weighted by Gasteiger charge is 2.49. The summed E-state index contributed by atoms with van der Waals surface area (Å²) in [5.41, 5.74) is 0.790. The van der Waals surface area contributed by atoms with Gasteiger partial charge in [-0.2, -0.15) is 0 Å². The Morgan fingerprint density at radius 3 is 2.61 bits per heavy atom. The van der Waals surface area contributed by atoms with Crippen LogP contribution in [0.3, 0.4) is 0 Å². The third kappa shape index (κ3) is 2.72. The number of hydrogen-bond acceptors (Lipinski definition) is 4. The number of halogens is 2. The van der Waals surface area contributed by atoms with Crippen LogP contribution in [0.15, 0.2) is 6.07 Å². The molecule has 1 saturated carbocycles. The van der Waals surface area contributed by atoms with E-state index in [0.717, 1.165) is 31.2 Å². The molecule has 1 fully saturated rings. The summed E-state index contributed by atoms with van der Waals surface area (Å²) in [5, 5.41) is 10.8. The van der Waals surface area contributed by atoms with Crippen LogP contribution in [-0.2, 0) is 11.2 Å². The van der Waals surface area contributed by atoms with E-state index < -0.39 is 18.0 Å². The lowest BCUT2D eigenvalue weighted by atomic mass is 9.73. The minimum Gasteiger partial charge on any atom is -0.546 e. The van der Waals surface area contributed by atoms with E-state index in [1.165, 1.54) is 0 Å². The van der Waals surface area contributed by atoms with E-state index in [0.29, 0.717) is 17.9 Å². The van der Waals surface area contributed by atoms with E-state index in [-0.39, 0.29) is 21.6 Å². The molecule has 124 valence electrons. The maximum absolute atomic E-state index is 13.0. The van der Waals surface area contributed by atoms with Crippen molar-refractivity contribution in [1.82, 2.24) is 0 Å². The largest absolute Gasteiger partial charge is 0.546 e. The Kier molecular flexibility index (Phi) is 4.32. The topological polar surface area (TPSA) is 66.4 Å². The molecule has 1 atom stereocenters. The van der Waals surface area contributed by atoms with Crippen molar-refractivity contribution in [3.63, 3.8) is 0 Å². The molecule has 1 aromatic carbocycles. The van der Waals surface area contributed by atoms with Crippen molar-refractivity contribution in [2.24, 2.45) is 11.3 Å². The van der Waals surface area contributed by atoms with Crippen molar-refractivity contribution in [3.8, 4) is 5.75 Å². The van der Waals surface area contributed by atoms with Gasteiger partial charge in [0.1, 0.15) is 17.4 Å². The Balaban J connectivity index is 1.98. The summed E-state index contributed by atoms with van der Waals surface area (Å²) in [6.07, 6.45) is 4.99. The lowest BCUT2D eigenvalue weighted by molar-refractivity contribution is -0.307. The number of carbonyl (C=O) groups excluding carboxylic acids is 2. The molecule has 1 aromatic rings. The van der Waals surface area contributed by atoms with E-state index >= 15 is 0 Å². The number of aliphatic carboxylic acids is 1. The first-order valence-corrected chi connectivity index (χ1v) is 8.48. The van der Waals surface area contributed by atoms with E-state index in [1.54, 1.807) is 6.07 Å². The van der Waals surface area contributed by atoms with E-state index in [4.69, 9.17) is 27.9 Å². The fourth-order valence-electron chi connectivity index (χ4n) is 3.93. The van der Waals surface area contributed by atoms with Crippen LogP contribution >= 0.6 is 23.2 Å². The van der Waals surface area contributed by atoms with Gasteiger partial charge in [0.25, 0.3) is 0 Å². The summed E-state index contributed by atoms with van der Waals surface area (Å²) in [5.74, 6) is -0.768. The minimum atomic E-state index is -1.34. The second-order valence-corrected chi connectivity index (χ2v) is 7.36. The average Bonchev–Trinajstić information content (AvgIpc) is 3.10. The molecule has 2 aliphatic carbocycles. The van der Waals surface area contributed by atoms with Gasteiger partial charge >= 0.3 is 0 Å². The maximum Gasteiger partial charge on any atom is 0.171 e. The Morgan fingerprint density at radius 2 is 2.00 bits per heavy atom. The van der Waals surface area contributed by atoms with Crippen molar-refractivity contribution in [2.75, 3.05) is 6.61 Å². The second-order valence-electron chi connectivity index (χ2n) is 6.60. The molecule has 0 spiro atoms. The number of benzene rings is 1. The van der Waals surface area contributed by atoms with Gasteiger partial charge in [0.2, 0.25) is 0 Å². The molecule has 1 unspecified atom stereocenters. The van der Waals surface area contributed by atoms with E-state index in [1.807, 2.05) is 6.92 Å². The number of carboxylic acid groups (broad SMARTS) is 1. The van der Waals surface area contributed by atoms with Gasteiger partial charge < -0.3 is 14.6 Å². The summed E-state index contributed by atoms with van der Waals surface area (Å²) in [6, 6.07) is 1.64. The Morgan fingerprint density at radius 1 is 1.35 bits per heavy atom. The molecule has 0 N–H and O–H groups in total. The highest BCUT2D eigenvalue weighted by atomic mass is 35.5. The zero-order chi connectivity index (χ0) is 16.8. The zero-order valence-corrected chi connectivity index (χ0v) is 14.3. The predicted octanol–water partition coefficient (Wildman–Crippen LogP) is 3.06. The number of fused-ring (bicyclic) bond motifs is 1. The molecule has 2 aliphatic rings. The van der Waals surface area contributed by atoms with E-state index in [9.17, 15) is 14.7 Å². The third-order valence-corrected chi connectivity index (χ3v) is 6.01. The van der Waals surface area contributed by atoms with Gasteiger partial charge in [0.15, 0.2) is 5.78 Å². The molecule has 0 saturated heterocycles. The normalized spacial score (nSPS) is 24.0. The van der Waals surface area contributed by atoms with Gasteiger partial charge in [-0.3, -0.25) is 4.79 Å². The van der Waals surface area contributed by atoms with Crippen LogP contribution < -0.4 is 9.84 Å². The molecular weight excluding hydrogens is 339 g/mol. The summed E-state index contributed by atoms with van der Waals surface area (Å²) in [4.78, 5) is 23.5. The lowest BCUT2D eigenvalue weighted by Crippen LogP contribution is -2.32. The Hall–Kier alpha value is -1.26. The van der Waals surface area contributed by atoms with Crippen molar-refractivity contribution in [1.29, 1.82) is 0 Å². The molecular formula is C17H17Cl2O4-. The molecule has 3 rings (SSSR count). The molecule has 6 heteroatoms. The average molecular weight is 356 g/mol. The maximum atomic E-state index is 13.0. The quantitative estimate of drug-likeness (QED) is 0.832. The first-order chi connectivity index (χ1) is 10.8. The number of Topliss-reactive ketones (excluding diaryl/α,β-unsaturated/α-hetero) is 1. The van der Waals surface area contributed by atoms with Gasteiger partial charge in [-0.05, 0) is 36.8 Å². The number of ether oxygens (including phenoxy) is 1. The highest BCUT2D eigenvalue weighted by molar-refractivity contribution is 6.45. The SMILES string of the molecule is CC1(C2CCCC2)Cc2cc(OCC(=O)[O-])c(Cl)c(Cl)c2C1=O. The smallest absolute Gasteiger partial charge is 0.171 e. The van der Waals surface area contributed by atoms with Crippen molar-refractivity contribution in [3.05, 3.63) is 27.2 Å². The number of hydrogen-bond donors (Lipinski definition) is 0. The van der Waals surface area contributed by atoms with Crippen LogP contribution in [0.25, 0.3) is 0 Å². The number of carboxylic acids is 1. The number of rotatable bonds is 4.